The molecule has 0 radical (unpaired) electrons. The topological polar surface area (TPSA) is 93.5 Å². The molecule has 0 saturated heterocycles. The number of sulfonamides is 1. The van der Waals surface area contributed by atoms with Gasteiger partial charge in [-0.05, 0) is 54.1 Å². The molecule has 9 heteroatoms. The predicted octanol–water partition coefficient (Wildman–Crippen LogP) is 3.39. The van der Waals surface area contributed by atoms with Crippen LogP contribution in [-0.2, 0) is 21.4 Å². The maximum atomic E-state index is 13.4. The van der Waals surface area contributed by atoms with E-state index in [0.717, 1.165) is 15.6 Å². The first-order valence-corrected chi connectivity index (χ1v) is 12.0. The highest BCUT2D eigenvalue weighted by molar-refractivity contribution is 7.92. The largest absolute Gasteiger partial charge is 0.497 e. The van der Waals surface area contributed by atoms with Gasteiger partial charge < -0.3 is 14.6 Å². The average Bonchev–Trinajstić information content (AvgIpc) is 3.42. The first-order valence-electron chi connectivity index (χ1n) is 10.5. The molecule has 0 saturated carbocycles. The Balaban J connectivity index is 1.48. The van der Waals surface area contributed by atoms with E-state index in [0.29, 0.717) is 11.4 Å². The fourth-order valence-electron chi connectivity index (χ4n) is 3.37. The van der Waals surface area contributed by atoms with Crippen LogP contribution in [0.3, 0.4) is 0 Å². The smallest absolute Gasteiger partial charge is 0.264 e. The van der Waals surface area contributed by atoms with E-state index >= 15 is 0 Å². The third-order valence-corrected chi connectivity index (χ3v) is 7.00. The number of hydrogen-bond donors (Lipinski definition) is 1. The van der Waals surface area contributed by atoms with Crippen molar-refractivity contribution in [3.05, 3.63) is 103 Å². The molecule has 0 atom stereocenters. The van der Waals surface area contributed by atoms with Gasteiger partial charge in [0.2, 0.25) is 5.91 Å². The third-order valence-electron chi connectivity index (χ3n) is 5.21. The monoisotopic (exact) mass is 476 g/mol. The molecule has 4 aromatic rings. The van der Waals surface area contributed by atoms with Gasteiger partial charge in [-0.1, -0.05) is 30.3 Å². The highest BCUT2D eigenvalue weighted by Gasteiger charge is 2.27. The molecule has 34 heavy (non-hydrogen) atoms. The zero-order valence-corrected chi connectivity index (χ0v) is 19.4. The number of carbonyl (C=O) groups is 1. The number of amides is 1. The number of para-hydroxylation sites is 1. The summed E-state index contributed by atoms with van der Waals surface area (Å²) in [5, 5.41) is 2.81. The highest BCUT2D eigenvalue weighted by atomic mass is 32.2. The Labute approximate surface area is 198 Å². The van der Waals surface area contributed by atoms with Gasteiger partial charge in [-0.15, -0.1) is 0 Å². The maximum Gasteiger partial charge on any atom is 0.264 e. The summed E-state index contributed by atoms with van der Waals surface area (Å²) in [7, 11) is -2.47. The quantitative estimate of drug-likeness (QED) is 0.400. The van der Waals surface area contributed by atoms with Crippen molar-refractivity contribution in [3.8, 4) is 11.4 Å². The summed E-state index contributed by atoms with van der Waals surface area (Å²) in [4.78, 5) is 16.9. The van der Waals surface area contributed by atoms with Crippen molar-refractivity contribution in [1.29, 1.82) is 0 Å². The van der Waals surface area contributed by atoms with Crippen molar-refractivity contribution in [3.63, 3.8) is 0 Å². The minimum Gasteiger partial charge on any atom is -0.497 e. The number of carbonyl (C=O) groups excluding carboxylic acids is 1. The number of benzene rings is 3. The molecule has 0 aliphatic heterocycles. The number of nitrogens with one attached hydrogen (secondary N) is 1. The number of imidazole rings is 1. The molecule has 0 aliphatic carbocycles. The molecule has 174 valence electrons. The van der Waals surface area contributed by atoms with Gasteiger partial charge in [0.15, 0.2) is 0 Å². The van der Waals surface area contributed by atoms with E-state index in [-0.39, 0.29) is 18.0 Å². The van der Waals surface area contributed by atoms with Crippen LogP contribution in [0.2, 0.25) is 0 Å². The number of hydrogen-bond acceptors (Lipinski definition) is 5. The van der Waals surface area contributed by atoms with Gasteiger partial charge in [0.25, 0.3) is 10.0 Å². The first-order chi connectivity index (χ1) is 16.5. The Hall–Kier alpha value is -4.11. The molecule has 0 spiro atoms. The van der Waals surface area contributed by atoms with Crippen LogP contribution in [0, 0.1) is 0 Å². The van der Waals surface area contributed by atoms with Crippen molar-refractivity contribution in [2.24, 2.45) is 0 Å². The molecule has 0 bridgehead atoms. The minimum atomic E-state index is -3.98. The van der Waals surface area contributed by atoms with Crippen LogP contribution in [0.4, 0.5) is 5.69 Å². The van der Waals surface area contributed by atoms with Gasteiger partial charge in [-0.2, -0.15) is 0 Å². The zero-order valence-electron chi connectivity index (χ0n) is 18.5. The number of methoxy groups -OCH3 is 1. The SMILES string of the molecule is COc1ccc(S(=O)(=O)N(CC(=O)NCc2ccc(-n3ccnc3)cc2)c2ccccc2)cc1. The molecule has 0 aliphatic rings. The molecule has 0 unspecified atom stereocenters. The highest BCUT2D eigenvalue weighted by Crippen LogP contribution is 2.25. The summed E-state index contributed by atoms with van der Waals surface area (Å²) in [5.41, 5.74) is 2.24. The number of nitrogens with zero attached hydrogens (tertiary/aromatic N) is 3. The van der Waals surface area contributed by atoms with Crippen molar-refractivity contribution in [1.82, 2.24) is 14.9 Å². The average molecular weight is 477 g/mol. The standard InChI is InChI=1S/C25H24N4O4S/c1-33-23-11-13-24(14-12-23)34(31,32)29(22-5-3-2-4-6-22)18-25(30)27-17-20-7-9-21(10-8-20)28-16-15-26-19-28/h2-16,19H,17-18H2,1H3,(H,27,30). The summed E-state index contributed by atoms with van der Waals surface area (Å²) < 4.78 is 34.9. The summed E-state index contributed by atoms with van der Waals surface area (Å²) in [6.07, 6.45) is 5.25. The number of ether oxygens (including phenoxy) is 1. The molecule has 8 nitrogen and oxygen atoms in total. The van der Waals surface area contributed by atoms with E-state index < -0.39 is 15.9 Å². The molecule has 3 aromatic carbocycles. The van der Waals surface area contributed by atoms with E-state index in [1.165, 1.54) is 19.2 Å². The lowest BCUT2D eigenvalue weighted by Gasteiger charge is -2.24. The van der Waals surface area contributed by atoms with Gasteiger partial charge in [0.05, 0.1) is 24.0 Å². The maximum absolute atomic E-state index is 13.4. The van der Waals surface area contributed by atoms with Crippen molar-refractivity contribution in [2.45, 2.75) is 11.4 Å². The van der Waals surface area contributed by atoms with Crippen LogP contribution >= 0.6 is 0 Å². The van der Waals surface area contributed by atoms with Crippen molar-refractivity contribution < 1.29 is 17.9 Å². The second kappa shape index (κ2) is 10.2. The van der Waals surface area contributed by atoms with Crippen LogP contribution in [0.25, 0.3) is 5.69 Å². The van der Waals surface area contributed by atoms with Crippen molar-refractivity contribution in [2.75, 3.05) is 18.0 Å². The van der Waals surface area contributed by atoms with E-state index in [9.17, 15) is 13.2 Å². The second-order valence-corrected chi connectivity index (χ2v) is 9.30. The van der Waals surface area contributed by atoms with E-state index in [1.807, 2.05) is 35.0 Å². The number of rotatable bonds is 9. The van der Waals surface area contributed by atoms with Gasteiger partial charge >= 0.3 is 0 Å². The summed E-state index contributed by atoms with van der Waals surface area (Å²) >= 11 is 0. The fraction of sp³-hybridized carbons (Fsp3) is 0.120. The van der Waals surface area contributed by atoms with Crippen molar-refractivity contribution >= 4 is 21.6 Å². The summed E-state index contributed by atoms with van der Waals surface area (Å²) in [6.45, 7) is -0.0836. The van der Waals surface area contributed by atoms with Crippen LogP contribution < -0.4 is 14.4 Å². The zero-order chi connectivity index (χ0) is 24.0. The predicted molar refractivity (Wildman–Crippen MR) is 129 cm³/mol. The molecule has 1 amide bonds. The Morgan fingerprint density at radius 2 is 1.71 bits per heavy atom. The Bertz CT molecular complexity index is 1320. The first kappa shape index (κ1) is 23.1. The van der Waals surface area contributed by atoms with Crippen LogP contribution in [-0.4, -0.2) is 37.5 Å². The number of anilines is 1. The number of aromatic nitrogens is 2. The molecule has 1 aromatic heterocycles. The van der Waals surface area contributed by atoms with Gasteiger partial charge in [-0.3, -0.25) is 9.10 Å². The van der Waals surface area contributed by atoms with E-state index in [2.05, 4.69) is 10.3 Å². The lowest BCUT2D eigenvalue weighted by molar-refractivity contribution is -0.119. The lowest BCUT2D eigenvalue weighted by atomic mass is 10.2. The molecule has 1 N–H and O–H groups in total. The van der Waals surface area contributed by atoms with E-state index in [4.69, 9.17) is 4.74 Å². The van der Waals surface area contributed by atoms with Crippen LogP contribution in [0.1, 0.15) is 5.56 Å². The van der Waals surface area contributed by atoms with Crippen LogP contribution in [0.5, 0.6) is 5.75 Å². The summed E-state index contributed by atoms with van der Waals surface area (Å²) in [6, 6.07) is 22.3. The summed E-state index contributed by atoms with van der Waals surface area (Å²) in [5.74, 6) is 0.127. The van der Waals surface area contributed by atoms with Gasteiger partial charge in [0, 0.05) is 24.6 Å². The molecule has 4 rings (SSSR count). The normalized spacial score (nSPS) is 11.1. The molecule has 1 heterocycles. The molecular formula is C25H24N4O4S. The molecule has 0 fully saturated rings. The molecular weight excluding hydrogens is 452 g/mol. The lowest BCUT2D eigenvalue weighted by Crippen LogP contribution is -2.40. The Kier molecular flexibility index (Phi) is 6.93. The Morgan fingerprint density at radius 1 is 1.00 bits per heavy atom. The Morgan fingerprint density at radius 3 is 2.32 bits per heavy atom. The van der Waals surface area contributed by atoms with Gasteiger partial charge in [0.1, 0.15) is 12.3 Å². The third kappa shape index (κ3) is 5.26. The fourth-order valence-corrected chi connectivity index (χ4v) is 4.79. The second-order valence-electron chi connectivity index (χ2n) is 7.44. The van der Waals surface area contributed by atoms with Crippen LogP contribution in [0.15, 0.2) is 102 Å². The van der Waals surface area contributed by atoms with Gasteiger partial charge in [-0.25, -0.2) is 13.4 Å². The minimum absolute atomic E-state index is 0.0695. The van der Waals surface area contributed by atoms with E-state index in [1.54, 1.807) is 55.0 Å².